The van der Waals surface area contributed by atoms with E-state index in [2.05, 4.69) is 29.2 Å². The van der Waals surface area contributed by atoms with E-state index >= 15 is 0 Å². The second-order valence-corrected chi connectivity index (χ2v) is 6.01. The zero-order valence-corrected chi connectivity index (χ0v) is 13.1. The second kappa shape index (κ2) is 6.98. The number of hydrogen-bond donors (Lipinski definition) is 2. The molecule has 122 valence electrons. The standard InChI is InChI=1S/C18H22N2O3/c21-9-3-7-20-13-18(23)17(22)10-16(20)12-19-8-6-14-4-1-2-5-15(14)11-19/h1-2,4-5,10,13,21,23H,3,6-9,11-12H2. The molecule has 0 bridgehead atoms. The minimum atomic E-state index is -0.349. The third-order valence-corrected chi connectivity index (χ3v) is 4.35. The van der Waals surface area contributed by atoms with Gasteiger partial charge in [0.25, 0.3) is 0 Å². The van der Waals surface area contributed by atoms with Crippen LogP contribution in [0.15, 0.2) is 41.3 Å². The van der Waals surface area contributed by atoms with Crippen LogP contribution in [0.5, 0.6) is 5.75 Å². The van der Waals surface area contributed by atoms with Crippen LogP contribution in [0.3, 0.4) is 0 Å². The van der Waals surface area contributed by atoms with Crippen LogP contribution in [0.25, 0.3) is 0 Å². The quantitative estimate of drug-likeness (QED) is 0.878. The van der Waals surface area contributed by atoms with E-state index in [-0.39, 0.29) is 17.8 Å². The lowest BCUT2D eigenvalue weighted by Crippen LogP contribution is -2.31. The SMILES string of the molecule is O=c1cc(CN2CCc3ccccc3C2)n(CCCO)cc1O. The minimum absolute atomic E-state index is 0.0867. The number of hydrogen-bond acceptors (Lipinski definition) is 4. The first-order chi connectivity index (χ1) is 11.2. The highest BCUT2D eigenvalue weighted by atomic mass is 16.3. The first kappa shape index (κ1) is 15.8. The van der Waals surface area contributed by atoms with Gasteiger partial charge in [0.05, 0.1) is 6.20 Å². The molecular weight excluding hydrogens is 292 g/mol. The fourth-order valence-electron chi connectivity index (χ4n) is 3.11. The van der Waals surface area contributed by atoms with Crippen LogP contribution in [0.4, 0.5) is 0 Å². The fourth-order valence-corrected chi connectivity index (χ4v) is 3.11. The van der Waals surface area contributed by atoms with Gasteiger partial charge in [-0.1, -0.05) is 24.3 Å². The van der Waals surface area contributed by atoms with Gasteiger partial charge in [-0.05, 0) is 24.0 Å². The van der Waals surface area contributed by atoms with Crippen molar-refractivity contribution in [3.05, 3.63) is 63.6 Å². The zero-order chi connectivity index (χ0) is 16.2. The summed E-state index contributed by atoms with van der Waals surface area (Å²) in [6.45, 7) is 3.15. The van der Waals surface area contributed by atoms with Gasteiger partial charge in [0.2, 0.25) is 5.43 Å². The van der Waals surface area contributed by atoms with Gasteiger partial charge >= 0.3 is 0 Å². The molecule has 1 aromatic carbocycles. The maximum Gasteiger partial charge on any atom is 0.223 e. The van der Waals surface area contributed by atoms with Crippen molar-refractivity contribution in [2.45, 2.75) is 32.5 Å². The van der Waals surface area contributed by atoms with Crippen molar-refractivity contribution in [1.82, 2.24) is 9.47 Å². The highest BCUT2D eigenvalue weighted by molar-refractivity contribution is 5.29. The smallest absolute Gasteiger partial charge is 0.223 e. The normalized spacial score (nSPS) is 14.7. The predicted molar refractivity (Wildman–Crippen MR) is 88.3 cm³/mol. The third kappa shape index (κ3) is 3.63. The summed E-state index contributed by atoms with van der Waals surface area (Å²) in [4.78, 5) is 14.1. The number of aryl methyl sites for hydroxylation is 1. The summed E-state index contributed by atoms with van der Waals surface area (Å²) < 4.78 is 1.87. The molecule has 0 radical (unpaired) electrons. The Hall–Kier alpha value is -2.11. The third-order valence-electron chi connectivity index (χ3n) is 4.35. The van der Waals surface area contributed by atoms with Gasteiger partial charge in [-0.2, -0.15) is 0 Å². The van der Waals surface area contributed by atoms with Crippen LogP contribution < -0.4 is 5.43 Å². The maximum absolute atomic E-state index is 11.8. The molecule has 23 heavy (non-hydrogen) atoms. The molecule has 0 fully saturated rings. The summed E-state index contributed by atoms with van der Waals surface area (Å²) in [5, 5.41) is 18.7. The molecule has 0 saturated carbocycles. The molecule has 2 heterocycles. The van der Waals surface area contributed by atoms with Crippen molar-refractivity contribution >= 4 is 0 Å². The van der Waals surface area contributed by atoms with Crippen LogP contribution in [0.1, 0.15) is 23.2 Å². The molecule has 5 heteroatoms. The Kier molecular flexibility index (Phi) is 4.79. The van der Waals surface area contributed by atoms with Gasteiger partial charge in [0.1, 0.15) is 0 Å². The molecule has 0 amide bonds. The van der Waals surface area contributed by atoms with E-state index in [1.165, 1.54) is 23.4 Å². The molecule has 1 aliphatic rings. The Morgan fingerprint density at radius 1 is 1.17 bits per heavy atom. The predicted octanol–water partition coefficient (Wildman–Crippen LogP) is 1.49. The number of nitrogens with zero attached hydrogens (tertiary/aromatic N) is 2. The lowest BCUT2D eigenvalue weighted by atomic mass is 10.00. The van der Waals surface area contributed by atoms with Crippen molar-refractivity contribution < 1.29 is 10.2 Å². The molecule has 1 aromatic heterocycles. The van der Waals surface area contributed by atoms with Gasteiger partial charge < -0.3 is 14.8 Å². The summed E-state index contributed by atoms with van der Waals surface area (Å²) in [5.41, 5.74) is 3.26. The summed E-state index contributed by atoms with van der Waals surface area (Å²) in [6, 6.07) is 9.95. The molecule has 2 aromatic rings. The number of pyridine rings is 1. The van der Waals surface area contributed by atoms with E-state index < -0.39 is 0 Å². The highest BCUT2D eigenvalue weighted by Crippen LogP contribution is 2.20. The van der Waals surface area contributed by atoms with E-state index in [4.69, 9.17) is 5.11 Å². The highest BCUT2D eigenvalue weighted by Gasteiger charge is 2.17. The number of aromatic nitrogens is 1. The lowest BCUT2D eigenvalue weighted by molar-refractivity contribution is 0.235. The van der Waals surface area contributed by atoms with Gasteiger partial charge in [-0.25, -0.2) is 0 Å². The fraction of sp³-hybridized carbons (Fsp3) is 0.389. The first-order valence-corrected chi connectivity index (χ1v) is 7.99. The van der Waals surface area contributed by atoms with Gasteiger partial charge in [0.15, 0.2) is 5.75 Å². The average molecular weight is 314 g/mol. The maximum atomic E-state index is 11.8. The molecule has 2 N–H and O–H groups in total. The van der Waals surface area contributed by atoms with Crippen molar-refractivity contribution in [1.29, 1.82) is 0 Å². The summed E-state index contributed by atoms with van der Waals surface area (Å²) in [7, 11) is 0. The van der Waals surface area contributed by atoms with Crippen LogP contribution in [0.2, 0.25) is 0 Å². The average Bonchev–Trinajstić information content (AvgIpc) is 2.56. The van der Waals surface area contributed by atoms with Crippen molar-refractivity contribution in [2.75, 3.05) is 13.2 Å². The van der Waals surface area contributed by atoms with E-state index in [1.807, 2.05) is 4.57 Å². The monoisotopic (exact) mass is 314 g/mol. The number of aliphatic hydroxyl groups is 1. The van der Waals surface area contributed by atoms with Crippen LogP contribution in [-0.4, -0.2) is 32.8 Å². The largest absolute Gasteiger partial charge is 0.503 e. The Labute approximate surface area is 135 Å². The van der Waals surface area contributed by atoms with Gasteiger partial charge in [0, 0.05) is 44.5 Å². The first-order valence-electron chi connectivity index (χ1n) is 7.99. The minimum Gasteiger partial charge on any atom is -0.503 e. The second-order valence-electron chi connectivity index (χ2n) is 6.01. The zero-order valence-electron chi connectivity index (χ0n) is 13.1. The van der Waals surface area contributed by atoms with E-state index in [0.29, 0.717) is 19.5 Å². The molecule has 0 spiro atoms. The van der Waals surface area contributed by atoms with E-state index in [9.17, 15) is 9.90 Å². The number of fused-ring (bicyclic) bond motifs is 1. The van der Waals surface area contributed by atoms with Crippen LogP contribution in [0, 0.1) is 0 Å². The number of benzene rings is 1. The van der Waals surface area contributed by atoms with Crippen LogP contribution in [-0.2, 0) is 26.1 Å². The summed E-state index contributed by atoms with van der Waals surface area (Å²) in [6.07, 6.45) is 3.08. The van der Waals surface area contributed by atoms with Crippen molar-refractivity contribution in [2.24, 2.45) is 0 Å². The Balaban J connectivity index is 1.80. The lowest BCUT2D eigenvalue weighted by Gasteiger charge is -2.29. The van der Waals surface area contributed by atoms with Gasteiger partial charge in [-0.3, -0.25) is 9.69 Å². The summed E-state index contributed by atoms with van der Waals surface area (Å²) in [5.74, 6) is -0.240. The summed E-state index contributed by atoms with van der Waals surface area (Å²) >= 11 is 0. The number of rotatable bonds is 5. The number of aliphatic hydroxyl groups excluding tert-OH is 1. The van der Waals surface area contributed by atoms with Crippen molar-refractivity contribution in [3.63, 3.8) is 0 Å². The Bertz CT molecular complexity index is 739. The molecule has 0 atom stereocenters. The molecule has 1 aliphatic heterocycles. The van der Waals surface area contributed by atoms with E-state index in [0.717, 1.165) is 25.2 Å². The Morgan fingerprint density at radius 2 is 1.96 bits per heavy atom. The molecule has 0 aliphatic carbocycles. The number of aromatic hydroxyl groups is 1. The topological polar surface area (TPSA) is 65.7 Å². The molecular formula is C18H22N2O3. The van der Waals surface area contributed by atoms with Crippen LogP contribution >= 0.6 is 0 Å². The molecule has 3 rings (SSSR count). The molecule has 0 unspecified atom stereocenters. The van der Waals surface area contributed by atoms with Crippen molar-refractivity contribution in [3.8, 4) is 5.75 Å². The molecule has 5 nitrogen and oxygen atoms in total. The van der Waals surface area contributed by atoms with E-state index in [1.54, 1.807) is 0 Å². The Morgan fingerprint density at radius 3 is 2.74 bits per heavy atom. The molecule has 0 saturated heterocycles. The van der Waals surface area contributed by atoms with Gasteiger partial charge in [-0.15, -0.1) is 0 Å².